The van der Waals surface area contributed by atoms with Crippen LogP contribution in [0.3, 0.4) is 0 Å². The van der Waals surface area contributed by atoms with E-state index in [4.69, 9.17) is 16.3 Å². The molecule has 1 heterocycles. The average molecular weight is 500 g/mol. The van der Waals surface area contributed by atoms with E-state index >= 15 is 0 Å². The van der Waals surface area contributed by atoms with E-state index in [1.807, 2.05) is 72.8 Å². The lowest BCUT2D eigenvalue weighted by molar-refractivity contribution is -0.143. The zero-order valence-electron chi connectivity index (χ0n) is 19.6. The lowest BCUT2D eigenvalue weighted by atomic mass is 10.0. The Balaban J connectivity index is 1.62. The van der Waals surface area contributed by atoms with Crippen molar-refractivity contribution in [3.8, 4) is 5.75 Å². The fraction of sp³-hybridized carbons (Fsp3) is 0.138. The Morgan fingerprint density at radius 3 is 2.14 bits per heavy atom. The topological polar surface area (TPSA) is 71.5 Å². The van der Waals surface area contributed by atoms with Crippen LogP contribution in [0.5, 0.6) is 5.75 Å². The van der Waals surface area contributed by atoms with E-state index in [-0.39, 0.29) is 25.0 Å². The molecule has 4 rings (SSSR count). The van der Waals surface area contributed by atoms with E-state index in [1.54, 1.807) is 41.6 Å². The van der Waals surface area contributed by atoms with Crippen LogP contribution in [0.15, 0.2) is 109 Å². The number of pyridine rings is 1. The Morgan fingerprint density at radius 2 is 1.47 bits per heavy atom. The highest BCUT2D eigenvalue weighted by Gasteiger charge is 2.31. The zero-order chi connectivity index (χ0) is 25.2. The third-order valence-electron chi connectivity index (χ3n) is 5.58. The second kappa shape index (κ2) is 12.5. The smallest absolute Gasteiger partial charge is 0.261 e. The molecule has 3 aromatic carbocycles. The number of rotatable bonds is 10. The third-order valence-corrected chi connectivity index (χ3v) is 5.84. The number of hydrogen-bond donors (Lipinski definition) is 1. The van der Waals surface area contributed by atoms with E-state index in [1.165, 1.54) is 0 Å². The molecule has 0 saturated carbocycles. The summed E-state index contributed by atoms with van der Waals surface area (Å²) in [5.41, 5.74) is 2.45. The third kappa shape index (κ3) is 6.93. The largest absolute Gasteiger partial charge is 0.484 e. The van der Waals surface area contributed by atoms with Crippen molar-refractivity contribution >= 4 is 23.4 Å². The van der Waals surface area contributed by atoms with Crippen LogP contribution in [-0.2, 0) is 22.7 Å². The first-order valence-corrected chi connectivity index (χ1v) is 11.9. The van der Waals surface area contributed by atoms with Gasteiger partial charge in [0.15, 0.2) is 6.61 Å². The van der Waals surface area contributed by atoms with Crippen LogP contribution in [0.1, 0.15) is 22.7 Å². The lowest BCUT2D eigenvalue weighted by Gasteiger charge is -2.31. The van der Waals surface area contributed by atoms with Gasteiger partial charge in [-0.3, -0.25) is 14.6 Å². The summed E-state index contributed by atoms with van der Waals surface area (Å²) >= 11 is 6.07. The van der Waals surface area contributed by atoms with Crippen molar-refractivity contribution in [1.82, 2.24) is 15.2 Å². The second-order valence-corrected chi connectivity index (χ2v) is 8.57. The molecule has 1 atom stereocenters. The summed E-state index contributed by atoms with van der Waals surface area (Å²) in [4.78, 5) is 32.7. The fourth-order valence-electron chi connectivity index (χ4n) is 3.75. The predicted octanol–water partition coefficient (Wildman–Crippen LogP) is 5.20. The number of carbonyl (C=O) groups excluding carboxylic acids is 2. The van der Waals surface area contributed by atoms with Crippen LogP contribution in [0.4, 0.5) is 0 Å². The van der Waals surface area contributed by atoms with Crippen LogP contribution in [0.25, 0.3) is 0 Å². The first-order chi connectivity index (χ1) is 17.6. The maximum absolute atomic E-state index is 13.6. The van der Waals surface area contributed by atoms with Gasteiger partial charge in [0, 0.05) is 30.5 Å². The molecule has 0 aliphatic carbocycles. The van der Waals surface area contributed by atoms with Gasteiger partial charge in [0.1, 0.15) is 11.8 Å². The number of hydrogen-bond acceptors (Lipinski definition) is 4. The Labute approximate surface area is 215 Å². The Bertz CT molecular complexity index is 1250. The van der Waals surface area contributed by atoms with Crippen molar-refractivity contribution in [3.05, 3.63) is 131 Å². The van der Waals surface area contributed by atoms with Crippen LogP contribution in [-0.4, -0.2) is 28.3 Å². The summed E-state index contributed by atoms with van der Waals surface area (Å²) in [6.07, 6.45) is 3.35. The molecule has 0 saturated heterocycles. The Morgan fingerprint density at radius 1 is 0.833 bits per heavy atom. The first kappa shape index (κ1) is 24.9. The summed E-state index contributed by atoms with van der Waals surface area (Å²) in [6, 6.07) is 28.4. The molecule has 7 heteroatoms. The first-order valence-electron chi connectivity index (χ1n) is 11.5. The summed E-state index contributed by atoms with van der Waals surface area (Å²) in [5, 5.41) is 3.58. The number of nitrogens with zero attached hydrogens (tertiary/aromatic N) is 2. The maximum Gasteiger partial charge on any atom is 0.261 e. The molecule has 4 aromatic rings. The van der Waals surface area contributed by atoms with Gasteiger partial charge in [0.25, 0.3) is 5.91 Å². The van der Waals surface area contributed by atoms with Crippen molar-refractivity contribution in [2.24, 2.45) is 0 Å². The van der Waals surface area contributed by atoms with Crippen molar-refractivity contribution < 1.29 is 14.3 Å². The molecule has 0 spiro atoms. The molecule has 0 fully saturated rings. The fourth-order valence-corrected chi connectivity index (χ4v) is 3.88. The van der Waals surface area contributed by atoms with E-state index in [0.717, 1.165) is 11.1 Å². The molecule has 36 heavy (non-hydrogen) atoms. The Hall–Kier alpha value is -4.16. The van der Waals surface area contributed by atoms with Crippen LogP contribution in [0, 0.1) is 0 Å². The molecule has 182 valence electrons. The molecule has 0 unspecified atom stereocenters. The minimum atomic E-state index is -0.865. The predicted molar refractivity (Wildman–Crippen MR) is 139 cm³/mol. The van der Waals surface area contributed by atoms with Gasteiger partial charge < -0.3 is 15.0 Å². The molecule has 0 aliphatic rings. The van der Waals surface area contributed by atoms with Gasteiger partial charge in [-0.05, 0) is 53.1 Å². The number of carbonyl (C=O) groups is 2. The summed E-state index contributed by atoms with van der Waals surface area (Å²) in [5.74, 6) is -0.0301. The van der Waals surface area contributed by atoms with Crippen molar-refractivity contribution in [3.63, 3.8) is 0 Å². The SMILES string of the molecule is O=C(NCc1ccncc1)[C@H](c1ccccc1)N(Cc1ccc(Cl)cc1)C(=O)COc1ccccc1. The number of ether oxygens (including phenoxy) is 1. The van der Waals surface area contributed by atoms with Gasteiger partial charge in [0.2, 0.25) is 5.91 Å². The van der Waals surface area contributed by atoms with Crippen molar-refractivity contribution in [2.45, 2.75) is 19.1 Å². The van der Waals surface area contributed by atoms with Crippen LogP contribution in [0.2, 0.25) is 5.02 Å². The Kier molecular flexibility index (Phi) is 8.67. The summed E-state index contributed by atoms with van der Waals surface area (Å²) in [7, 11) is 0. The van der Waals surface area contributed by atoms with Gasteiger partial charge >= 0.3 is 0 Å². The molecular formula is C29H26ClN3O3. The van der Waals surface area contributed by atoms with Gasteiger partial charge in [-0.1, -0.05) is 72.3 Å². The van der Waals surface area contributed by atoms with E-state index < -0.39 is 6.04 Å². The van der Waals surface area contributed by atoms with Crippen LogP contribution >= 0.6 is 11.6 Å². The number of aromatic nitrogens is 1. The minimum absolute atomic E-state index is 0.205. The number of nitrogens with one attached hydrogen (secondary N) is 1. The quantitative estimate of drug-likeness (QED) is 0.325. The lowest BCUT2D eigenvalue weighted by Crippen LogP contribution is -2.45. The highest BCUT2D eigenvalue weighted by molar-refractivity contribution is 6.30. The van der Waals surface area contributed by atoms with Crippen molar-refractivity contribution in [2.75, 3.05) is 6.61 Å². The minimum Gasteiger partial charge on any atom is -0.484 e. The molecule has 2 amide bonds. The van der Waals surface area contributed by atoms with Gasteiger partial charge in [-0.25, -0.2) is 0 Å². The van der Waals surface area contributed by atoms with E-state index in [0.29, 0.717) is 22.9 Å². The number of halogens is 1. The van der Waals surface area contributed by atoms with Gasteiger partial charge in [-0.15, -0.1) is 0 Å². The molecule has 0 bridgehead atoms. The highest BCUT2D eigenvalue weighted by atomic mass is 35.5. The summed E-state index contributed by atoms with van der Waals surface area (Å²) in [6.45, 7) is 0.309. The number of para-hydroxylation sites is 1. The average Bonchev–Trinajstić information content (AvgIpc) is 2.93. The van der Waals surface area contributed by atoms with E-state index in [9.17, 15) is 9.59 Å². The molecule has 1 aromatic heterocycles. The van der Waals surface area contributed by atoms with Gasteiger partial charge in [-0.2, -0.15) is 0 Å². The monoisotopic (exact) mass is 499 g/mol. The standard InChI is InChI=1S/C29H26ClN3O3/c30-25-13-11-23(12-14-25)20-33(27(34)21-36-26-9-5-2-6-10-26)28(24-7-3-1-4-8-24)29(35)32-19-22-15-17-31-18-16-22/h1-18,28H,19-21H2,(H,32,35)/t28-/m0/s1. The summed E-state index contributed by atoms with van der Waals surface area (Å²) < 4.78 is 5.75. The number of benzene rings is 3. The normalized spacial score (nSPS) is 11.4. The van der Waals surface area contributed by atoms with Gasteiger partial charge in [0.05, 0.1) is 0 Å². The van der Waals surface area contributed by atoms with Crippen molar-refractivity contribution in [1.29, 1.82) is 0 Å². The van der Waals surface area contributed by atoms with Crippen LogP contribution < -0.4 is 10.1 Å². The second-order valence-electron chi connectivity index (χ2n) is 8.14. The van der Waals surface area contributed by atoms with E-state index in [2.05, 4.69) is 10.3 Å². The molecule has 6 nitrogen and oxygen atoms in total. The molecule has 0 aliphatic heterocycles. The highest BCUT2D eigenvalue weighted by Crippen LogP contribution is 2.25. The number of amides is 2. The zero-order valence-corrected chi connectivity index (χ0v) is 20.3. The molecular weight excluding hydrogens is 474 g/mol. The molecule has 0 radical (unpaired) electrons. The maximum atomic E-state index is 13.6. The molecule has 1 N–H and O–H groups in total.